The quantitative estimate of drug-likeness (QED) is 0.480. The fourth-order valence-electron chi connectivity index (χ4n) is 4.28. The molecule has 0 saturated carbocycles. The molecule has 0 spiro atoms. The van der Waals surface area contributed by atoms with Gasteiger partial charge in [0.1, 0.15) is 5.75 Å². The number of anilines is 1. The lowest BCUT2D eigenvalue weighted by Gasteiger charge is -2.37. The van der Waals surface area contributed by atoms with Gasteiger partial charge in [-0.15, -0.1) is 0 Å². The summed E-state index contributed by atoms with van der Waals surface area (Å²) in [4.78, 5) is 26.8. The summed E-state index contributed by atoms with van der Waals surface area (Å²) in [6.07, 6.45) is 3.75. The Balaban J connectivity index is 1.91. The number of likely N-dealkylation sites (N-methyl/N-ethyl adjacent to an activating group) is 1. The Morgan fingerprint density at radius 2 is 1.84 bits per heavy atom. The molecule has 0 heterocycles. The number of nitrogens with one attached hydrogen (secondary N) is 3. The van der Waals surface area contributed by atoms with Crippen molar-refractivity contribution < 1.29 is 14.3 Å². The fourth-order valence-corrected chi connectivity index (χ4v) is 4.28. The number of allylic oxidation sites excluding steroid dienone is 1. The average Bonchev–Trinajstić information content (AvgIpc) is 2.73. The van der Waals surface area contributed by atoms with Crippen molar-refractivity contribution in [3.8, 4) is 5.75 Å². The number of rotatable bonds is 10. The predicted octanol–water partition coefficient (Wildman–Crippen LogP) is 3.74. The van der Waals surface area contributed by atoms with Gasteiger partial charge >= 0.3 is 6.03 Å². The molecule has 32 heavy (non-hydrogen) atoms. The zero-order chi connectivity index (χ0) is 23.7. The SMILES string of the molecule is COc1ccc(NC(=O)NC[C@@H]2C=C(C)[C@H](CC(=O)NCCN(C)C)C[C@H]2C(C)C)cc1. The van der Waals surface area contributed by atoms with Gasteiger partial charge in [-0.3, -0.25) is 4.79 Å². The van der Waals surface area contributed by atoms with Crippen molar-refractivity contribution in [1.82, 2.24) is 15.5 Å². The lowest BCUT2D eigenvalue weighted by atomic mass is 9.70. The molecule has 0 bridgehead atoms. The summed E-state index contributed by atoms with van der Waals surface area (Å²) in [5.74, 6) is 2.26. The molecule has 1 aromatic carbocycles. The van der Waals surface area contributed by atoms with Crippen molar-refractivity contribution in [2.75, 3.05) is 46.2 Å². The van der Waals surface area contributed by atoms with Crippen LogP contribution in [-0.2, 0) is 4.79 Å². The Kier molecular flexibility index (Phi) is 10.0. The molecular formula is C25H40N4O3. The second-order valence-corrected chi connectivity index (χ2v) is 9.34. The number of methoxy groups -OCH3 is 1. The van der Waals surface area contributed by atoms with E-state index in [1.54, 1.807) is 7.11 Å². The van der Waals surface area contributed by atoms with Crippen LogP contribution in [0, 0.1) is 23.7 Å². The van der Waals surface area contributed by atoms with Crippen LogP contribution < -0.4 is 20.7 Å². The van der Waals surface area contributed by atoms with Gasteiger partial charge in [0.15, 0.2) is 0 Å². The molecule has 1 aliphatic rings. The van der Waals surface area contributed by atoms with E-state index in [2.05, 4.69) is 47.7 Å². The standard InChI is InChI=1S/C25H40N4O3/c1-17(2)23-14-19(15-24(30)26-11-12-29(4)5)18(3)13-20(23)16-27-25(31)28-21-7-9-22(32-6)10-8-21/h7-10,13,17,19-20,23H,11-12,14-16H2,1-6H3,(H,26,30)(H2,27,28,31)/t19-,20-,23-/m0/s1. The van der Waals surface area contributed by atoms with E-state index in [0.29, 0.717) is 31.3 Å². The Morgan fingerprint density at radius 1 is 1.16 bits per heavy atom. The van der Waals surface area contributed by atoms with Crippen molar-refractivity contribution in [3.63, 3.8) is 0 Å². The minimum atomic E-state index is -0.217. The van der Waals surface area contributed by atoms with E-state index in [1.807, 2.05) is 38.4 Å². The zero-order valence-electron chi connectivity index (χ0n) is 20.4. The van der Waals surface area contributed by atoms with Crippen LogP contribution in [0.1, 0.15) is 33.6 Å². The smallest absolute Gasteiger partial charge is 0.319 e. The summed E-state index contributed by atoms with van der Waals surface area (Å²) in [7, 11) is 5.61. The molecule has 0 aliphatic heterocycles. The summed E-state index contributed by atoms with van der Waals surface area (Å²) in [6.45, 7) is 8.63. The van der Waals surface area contributed by atoms with Crippen LogP contribution in [0.25, 0.3) is 0 Å². The molecule has 0 radical (unpaired) electrons. The van der Waals surface area contributed by atoms with Crippen LogP contribution in [-0.4, -0.2) is 57.7 Å². The molecule has 7 heteroatoms. The zero-order valence-corrected chi connectivity index (χ0v) is 20.4. The summed E-state index contributed by atoms with van der Waals surface area (Å²) in [5, 5.41) is 8.91. The van der Waals surface area contributed by atoms with Gasteiger partial charge in [0, 0.05) is 31.7 Å². The van der Waals surface area contributed by atoms with Gasteiger partial charge in [0.25, 0.3) is 0 Å². The third-order valence-electron chi connectivity index (χ3n) is 6.24. The van der Waals surface area contributed by atoms with Crippen LogP contribution in [0.15, 0.2) is 35.9 Å². The van der Waals surface area contributed by atoms with E-state index in [0.717, 1.165) is 24.4 Å². The molecule has 1 aromatic rings. The maximum Gasteiger partial charge on any atom is 0.319 e. The molecule has 3 atom stereocenters. The third kappa shape index (κ3) is 8.19. The number of amides is 3. The first-order chi connectivity index (χ1) is 15.2. The summed E-state index contributed by atoms with van der Waals surface area (Å²) >= 11 is 0. The molecule has 7 nitrogen and oxygen atoms in total. The molecule has 178 valence electrons. The molecule has 3 amide bonds. The first-order valence-corrected chi connectivity index (χ1v) is 11.5. The monoisotopic (exact) mass is 444 g/mol. The van der Waals surface area contributed by atoms with Crippen LogP contribution in [0.5, 0.6) is 5.75 Å². The second-order valence-electron chi connectivity index (χ2n) is 9.34. The fraction of sp³-hybridized carbons (Fsp3) is 0.600. The van der Waals surface area contributed by atoms with E-state index in [-0.39, 0.29) is 23.8 Å². The average molecular weight is 445 g/mol. The van der Waals surface area contributed by atoms with Gasteiger partial charge in [-0.2, -0.15) is 0 Å². The molecule has 0 unspecified atom stereocenters. The van der Waals surface area contributed by atoms with E-state index >= 15 is 0 Å². The highest BCUT2D eigenvalue weighted by molar-refractivity contribution is 5.89. The maximum atomic E-state index is 12.4. The van der Waals surface area contributed by atoms with Crippen LogP contribution >= 0.6 is 0 Å². The maximum absolute atomic E-state index is 12.4. The minimum absolute atomic E-state index is 0.113. The molecule has 0 saturated heterocycles. The summed E-state index contributed by atoms with van der Waals surface area (Å²) in [6, 6.07) is 7.04. The van der Waals surface area contributed by atoms with E-state index in [1.165, 1.54) is 5.57 Å². The van der Waals surface area contributed by atoms with Gasteiger partial charge < -0.3 is 25.6 Å². The van der Waals surface area contributed by atoms with Crippen molar-refractivity contribution in [2.24, 2.45) is 23.7 Å². The highest BCUT2D eigenvalue weighted by Crippen LogP contribution is 2.38. The highest BCUT2D eigenvalue weighted by atomic mass is 16.5. The van der Waals surface area contributed by atoms with Gasteiger partial charge in [-0.25, -0.2) is 4.79 Å². The predicted molar refractivity (Wildman–Crippen MR) is 130 cm³/mol. The van der Waals surface area contributed by atoms with Crippen molar-refractivity contribution in [1.29, 1.82) is 0 Å². The van der Waals surface area contributed by atoms with Crippen LogP contribution in [0.2, 0.25) is 0 Å². The van der Waals surface area contributed by atoms with Gasteiger partial charge in [0.2, 0.25) is 5.91 Å². The number of hydrogen-bond acceptors (Lipinski definition) is 4. The second kappa shape index (κ2) is 12.5. The first kappa shape index (κ1) is 25.7. The first-order valence-electron chi connectivity index (χ1n) is 11.5. The van der Waals surface area contributed by atoms with Crippen LogP contribution in [0.4, 0.5) is 10.5 Å². The van der Waals surface area contributed by atoms with E-state index in [4.69, 9.17) is 4.74 Å². The largest absolute Gasteiger partial charge is 0.497 e. The van der Waals surface area contributed by atoms with Crippen LogP contribution in [0.3, 0.4) is 0 Å². The summed E-state index contributed by atoms with van der Waals surface area (Å²) in [5.41, 5.74) is 1.96. The lowest BCUT2D eigenvalue weighted by molar-refractivity contribution is -0.122. The Labute approximate surface area is 193 Å². The third-order valence-corrected chi connectivity index (χ3v) is 6.24. The molecule has 0 fully saturated rings. The molecule has 3 N–H and O–H groups in total. The number of hydrogen-bond donors (Lipinski definition) is 3. The van der Waals surface area contributed by atoms with Gasteiger partial charge in [-0.1, -0.05) is 25.5 Å². The Hall–Kier alpha value is -2.54. The van der Waals surface area contributed by atoms with Gasteiger partial charge in [-0.05, 0) is 75.4 Å². The number of nitrogens with zero attached hydrogens (tertiary/aromatic N) is 1. The number of urea groups is 1. The van der Waals surface area contributed by atoms with Crippen molar-refractivity contribution in [2.45, 2.75) is 33.6 Å². The van der Waals surface area contributed by atoms with Crippen molar-refractivity contribution >= 4 is 17.6 Å². The number of benzene rings is 1. The Morgan fingerprint density at radius 3 is 2.44 bits per heavy atom. The molecule has 2 rings (SSSR count). The van der Waals surface area contributed by atoms with E-state index in [9.17, 15) is 9.59 Å². The summed E-state index contributed by atoms with van der Waals surface area (Å²) < 4.78 is 5.14. The molecular weight excluding hydrogens is 404 g/mol. The number of carbonyl (C=O) groups excluding carboxylic acids is 2. The molecule has 1 aliphatic carbocycles. The number of carbonyl (C=O) groups is 2. The molecule has 0 aromatic heterocycles. The lowest BCUT2D eigenvalue weighted by Crippen LogP contribution is -2.39. The highest BCUT2D eigenvalue weighted by Gasteiger charge is 2.32. The Bertz CT molecular complexity index is 774. The number of ether oxygens (including phenoxy) is 1. The van der Waals surface area contributed by atoms with Gasteiger partial charge in [0.05, 0.1) is 7.11 Å². The normalized spacial score (nSPS) is 20.6. The topological polar surface area (TPSA) is 82.7 Å². The van der Waals surface area contributed by atoms with E-state index < -0.39 is 0 Å². The van der Waals surface area contributed by atoms with Crippen molar-refractivity contribution in [3.05, 3.63) is 35.9 Å². The minimum Gasteiger partial charge on any atom is -0.497 e.